The zero-order chi connectivity index (χ0) is 21.6. The van der Waals surface area contributed by atoms with Gasteiger partial charge in [-0.15, -0.1) is 0 Å². The molecule has 1 spiro atoms. The molecule has 1 amide bonds. The summed E-state index contributed by atoms with van der Waals surface area (Å²) < 4.78 is 5.45. The Kier molecular flexibility index (Phi) is 7.62. The maximum absolute atomic E-state index is 12.0. The fourth-order valence-corrected chi connectivity index (χ4v) is 4.40. The van der Waals surface area contributed by atoms with Crippen molar-refractivity contribution in [3.63, 3.8) is 0 Å². The van der Waals surface area contributed by atoms with Crippen LogP contribution in [0, 0.1) is 5.41 Å². The molecule has 1 aromatic carbocycles. The quantitative estimate of drug-likeness (QED) is 0.657. The van der Waals surface area contributed by atoms with E-state index in [0.29, 0.717) is 5.41 Å². The van der Waals surface area contributed by atoms with E-state index in [9.17, 15) is 4.79 Å². The first-order valence-corrected chi connectivity index (χ1v) is 11.7. The van der Waals surface area contributed by atoms with Crippen molar-refractivity contribution in [2.75, 3.05) is 13.1 Å². The molecule has 2 saturated carbocycles. The van der Waals surface area contributed by atoms with Gasteiger partial charge in [0.25, 0.3) is 0 Å². The number of piperidine rings is 1. The predicted octanol–water partition coefficient (Wildman–Crippen LogP) is 6.03. The normalized spacial score (nSPS) is 21.1. The number of carbonyl (C=O) groups excluding carboxylic acids is 1. The highest BCUT2D eigenvalue weighted by Gasteiger charge is 2.47. The van der Waals surface area contributed by atoms with E-state index in [-0.39, 0.29) is 11.7 Å². The standard InChI is InChI=1S/C16H28N2O2.C10H12/c1-15(2,3)20-14(19)18-8-6-16(7-9-18)10-13(11-16)17-12-4-5-12;1-2-3-7-10-8-5-4-6-9-10/h12-13,17H,4-11H2,1-3H3;3-9H,2H2,1H3/b;7-3-. The van der Waals surface area contributed by atoms with Crippen LogP contribution in [-0.2, 0) is 4.74 Å². The van der Waals surface area contributed by atoms with E-state index in [2.05, 4.69) is 48.7 Å². The monoisotopic (exact) mass is 412 g/mol. The van der Waals surface area contributed by atoms with Crippen LogP contribution in [0.2, 0.25) is 0 Å². The third-order valence-corrected chi connectivity index (χ3v) is 6.23. The second-order valence-electron chi connectivity index (χ2n) is 10.2. The summed E-state index contributed by atoms with van der Waals surface area (Å²) in [6.07, 6.45) is 12.9. The average Bonchev–Trinajstić information content (AvgIpc) is 3.50. The molecule has 0 aromatic heterocycles. The molecule has 1 N–H and O–H groups in total. The Labute approximate surface area is 183 Å². The van der Waals surface area contributed by atoms with Gasteiger partial charge in [-0.05, 0) is 76.7 Å². The minimum absolute atomic E-state index is 0.140. The number of carbonyl (C=O) groups is 1. The van der Waals surface area contributed by atoms with Crippen molar-refractivity contribution in [2.45, 2.75) is 90.3 Å². The predicted molar refractivity (Wildman–Crippen MR) is 124 cm³/mol. The van der Waals surface area contributed by atoms with Gasteiger partial charge in [0, 0.05) is 25.2 Å². The second kappa shape index (κ2) is 10.00. The fourth-order valence-electron chi connectivity index (χ4n) is 4.40. The summed E-state index contributed by atoms with van der Waals surface area (Å²) in [7, 11) is 0. The Balaban J connectivity index is 0.000000216. The molecule has 0 unspecified atom stereocenters. The van der Waals surface area contributed by atoms with Crippen LogP contribution in [0.5, 0.6) is 0 Å². The van der Waals surface area contributed by atoms with Crippen LogP contribution in [0.1, 0.15) is 78.2 Å². The Morgan fingerprint density at radius 2 is 1.77 bits per heavy atom. The first kappa shape index (κ1) is 22.9. The van der Waals surface area contributed by atoms with E-state index >= 15 is 0 Å². The van der Waals surface area contributed by atoms with Crippen molar-refractivity contribution in [1.82, 2.24) is 10.2 Å². The summed E-state index contributed by atoms with van der Waals surface area (Å²) >= 11 is 0. The third kappa shape index (κ3) is 7.16. The Morgan fingerprint density at radius 3 is 2.30 bits per heavy atom. The van der Waals surface area contributed by atoms with Crippen molar-refractivity contribution in [1.29, 1.82) is 0 Å². The van der Waals surface area contributed by atoms with Gasteiger partial charge < -0.3 is 15.0 Å². The van der Waals surface area contributed by atoms with E-state index in [1.54, 1.807) is 0 Å². The highest BCUT2D eigenvalue weighted by Crippen LogP contribution is 2.49. The van der Waals surface area contributed by atoms with Crippen LogP contribution < -0.4 is 5.32 Å². The lowest BCUT2D eigenvalue weighted by atomic mass is 9.60. The molecule has 3 fully saturated rings. The van der Waals surface area contributed by atoms with Gasteiger partial charge in [-0.2, -0.15) is 0 Å². The SMILES string of the molecule is CC(C)(C)OC(=O)N1CCC2(CC1)CC(NC1CC1)C2.CC/C=C\c1ccccc1. The van der Waals surface area contributed by atoms with E-state index in [0.717, 1.165) is 44.4 Å². The van der Waals surface area contributed by atoms with E-state index in [1.807, 2.05) is 31.7 Å². The van der Waals surface area contributed by atoms with Gasteiger partial charge >= 0.3 is 6.09 Å². The van der Waals surface area contributed by atoms with Gasteiger partial charge in [0.1, 0.15) is 5.60 Å². The number of amides is 1. The number of nitrogens with one attached hydrogen (secondary N) is 1. The van der Waals surface area contributed by atoms with Crippen molar-refractivity contribution in [3.8, 4) is 0 Å². The lowest BCUT2D eigenvalue weighted by Crippen LogP contribution is -2.55. The van der Waals surface area contributed by atoms with E-state index in [4.69, 9.17) is 4.74 Å². The Bertz CT molecular complexity index is 687. The Morgan fingerprint density at radius 1 is 1.13 bits per heavy atom. The fraction of sp³-hybridized carbons (Fsp3) is 0.654. The van der Waals surface area contributed by atoms with Crippen molar-refractivity contribution in [3.05, 3.63) is 42.0 Å². The summed E-state index contributed by atoms with van der Waals surface area (Å²) in [5, 5.41) is 3.72. The number of hydrogen-bond acceptors (Lipinski definition) is 3. The number of nitrogens with zero attached hydrogens (tertiary/aromatic N) is 1. The maximum Gasteiger partial charge on any atom is 0.410 e. The van der Waals surface area contributed by atoms with E-state index in [1.165, 1.54) is 31.2 Å². The maximum atomic E-state index is 12.0. The molecule has 4 rings (SSSR count). The van der Waals surface area contributed by atoms with Crippen LogP contribution in [0.3, 0.4) is 0 Å². The molecule has 166 valence electrons. The summed E-state index contributed by atoms with van der Waals surface area (Å²) in [5.41, 5.74) is 1.41. The molecule has 0 atom stereocenters. The molecule has 4 heteroatoms. The van der Waals surface area contributed by atoms with Gasteiger partial charge in [-0.25, -0.2) is 4.79 Å². The summed E-state index contributed by atoms with van der Waals surface area (Å²) in [4.78, 5) is 13.9. The Hall–Kier alpha value is -1.81. The largest absolute Gasteiger partial charge is 0.444 e. The van der Waals surface area contributed by atoms with Gasteiger partial charge in [-0.3, -0.25) is 0 Å². The van der Waals surface area contributed by atoms with Crippen LogP contribution in [0.4, 0.5) is 4.79 Å². The molecule has 2 aliphatic carbocycles. The third-order valence-electron chi connectivity index (χ3n) is 6.23. The van der Waals surface area contributed by atoms with Gasteiger partial charge in [0.15, 0.2) is 0 Å². The summed E-state index contributed by atoms with van der Waals surface area (Å²) in [6.45, 7) is 9.65. The smallest absolute Gasteiger partial charge is 0.410 e. The molecule has 3 aliphatic rings. The highest BCUT2D eigenvalue weighted by atomic mass is 16.6. The summed E-state index contributed by atoms with van der Waals surface area (Å²) in [5.74, 6) is 0. The number of likely N-dealkylation sites (tertiary alicyclic amines) is 1. The van der Waals surface area contributed by atoms with Gasteiger partial charge in [0.2, 0.25) is 0 Å². The molecule has 30 heavy (non-hydrogen) atoms. The van der Waals surface area contributed by atoms with Crippen molar-refractivity contribution in [2.24, 2.45) is 5.41 Å². The van der Waals surface area contributed by atoms with E-state index < -0.39 is 0 Å². The molecule has 4 nitrogen and oxygen atoms in total. The van der Waals surface area contributed by atoms with Crippen molar-refractivity contribution < 1.29 is 9.53 Å². The second-order valence-corrected chi connectivity index (χ2v) is 10.2. The average molecular weight is 413 g/mol. The molecule has 1 heterocycles. The number of benzene rings is 1. The molecule has 0 bridgehead atoms. The van der Waals surface area contributed by atoms with Crippen LogP contribution in [0.15, 0.2) is 36.4 Å². The summed E-state index contributed by atoms with van der Waals surface area (Å²) in [6, 6.07) is 11.9. The number of ether oxygens (including phenoxy) is 1. The molecule has 1 aromatic rings. The zero-order valence-corrected chi connectivity index (χ0v) is 19.3. The molecule has 0 radical (unpaired) electrons. The number of rotatable bonds is 4. The van der Waals surface area contributed by atoms with Gasteiger partial charge in [0.05, 0.1) is 0 Å². The van der Waals surface area contributed by atoms with Gasteiger partial charge in [-0.1, -0.05) is 49.4 Å². The highest BCUT2D eigenvalue weighted by molar-refractivity contribution is 5.68. The van der Waals surface area contributed by atoms with Crippen LogP contribution in [0.25, 0.3) is 6.08 Å². The minimum Gasteiger partial charge on any atom is -0.444 e. The minimum atomic E-state index is -0.387. The first-order valence-electron chi connectivity index (χ1n) is 11.7. The van der Waals surface area contributed by atoms with Crippen molar-refractivity contribution >= 4 is 12.2 Å². The zero-order valence-electron chi connectivity index (χ0n) is 19.3. The molecular weight excluding hydrogens is 372 g/mol. The molecular formula is C26H40N2O2. The lowest BCUT2D eigenvalue weighted by Gasteiger charge is -2.52. The first-order chi connectivity index (χ1) is 14.3. The lowest BCUT2D eigenvalue weighted by molar-refractivity contribution is -0.0164. The van der Waals surface area contributed by atoms with Crippen LogP contribution >= 0.6 is 0 Å². The molecule has 1 saturated heterocycles. The molecule has 1 aliphatic heterocycles. The topological polar surface area (TPSA) is 41.6 Å². The van der Waals surface area contributed by atoms with Crippen LogP contribution in [-0.4, -0.2) is 41.8 Å². The number of allylic oxidation sites excluding steroid dienone is 1. The number of hydrogen-bond donors (Lipinski definition) is 1.